The second-order valence-electron chi connectivity index (χ2n) is 8.11. The lowest BCUT2D eigenvalue weighted by Crippen LogP contribution is -2.27. The Morgan fingerprint density at radius 3 is 1.97 bits per heavy atom. The lowest BCUT2D eigenvalue weighted by Gasteiger charge is -2.05. The van der Waals surface area contributed by atoms with Gasteiger partial charge in [0, 0.05) is 52.9 Å². The highest BCUT2D eigenvalue weighted by Gasteiger charge is 2.17. The predicted molar refractivity (Wildman–Crippen MR) is 131 cm³/mol. The first-order chi connectivity index (χ1) is 16.2. The topological polar surface area (TPSA) is 138 Å². The number of amides is 4. The molecule has 2 heterocycles. The van der Waals surface area contributed by atoms with Crippen LogP contribution in [0, 0.1) is 0 Å². The number of hydrogen-bond donors (Lipinski definition) is 5. The molecule has 0 unspecified atom stereocenters. The second kappa shape index (κ2) is 13.2. The summed E-state index contributed by atoms with van der Waals surface area (Å²) in [5, 5.41) is 14.2. The minimum atomic E-state index is -0.357. The van der Waals surface area contributed by atoms with Gasteiger partial charge in [-0.1, -0.05) is 0 Å². The van der Waals surface area contributed by atoms with E-state index in [1.807, 2.05) is 7.05 Å². The van der Waals surface area contributed by atoms with Gasteiger partial charge in [0.15, 0.2) is 0 Å². The van der Waals surface area contributed by atoms with Crippen molar-refractivity contribution in [3.8, 4) is 0 Å². The third-order valence-electron chi connectivity index (χ3n) is 5.11. The van der Waals surface area contributed by atoms with Crippen LogP contribution in [0.2, 0.25) is 0 Å². The number of hydrogen-bond acceptors (Lipinski definition) is 5. The summed E-state index contributed by atoms with van der Waals surface area (Å²) in [5.41, 5.74) is 1.83. The predicted octanol–water partition coefficient (Wildman–Crippen LogP) is 1.20. The molecule has 0 aliphatic heterocycles. The number of unbranched alkanes of at least 4 members (excludes halogenated alkanes) is 1. The summed E-state index contributed by atoms with van der Waals surface area (Å²) in [5.74, 6) is -0.812. The van der Waals surface area contributed by atoms with Crippen molar-refractivity contribution in [1.29, 1.82) is 0 Å². The van der Waals surface area contributed by atoms with Crippen LogP contribution >= 0.6 is 0 Å². The van der Waals surface area contributed by atoms with E-state index in [0.29, 0.717) is 55.1 Å². The molecule has 186 valence electrons. The molecule has 0 atom stereocenters. The number of anilines is 2. The number of aryl methyl sites for hydroxylation is 2. The van der Waals surface area contributed by atoms with Crippen LogP contribution in [0.15, 0.2) is 24.5 Å². The number of aromatic nitrogens is 2. The first-order valence-electron chi connectivity index (χ1n) is 11.3. The standard InChI is InChI=1S/C23H35N7O4/c1-16(31)25-10-6-5-8-21(32)27-17-12-20(30(4)14-17)23(34)28-18-13-19(29(3)15-18)22(33)26-11-7-9-24-2/h12-15,24H,5-11H2,1-4H3,(H,25,31)(H,26,33)(H,27,32)(H,28,34). The van der Waals surface area contributed by atoms with Gasteiger partial charge >= 0.3 is 0 Å². The summed E-state index contributed by atoms with van der Waals surface area (Å²) in [4.78, 5) is 48.1. The van der Waals surface area contributed by atoms with Crippen molar-refractivity contribution in [3.63, 3.8) is 0 Å². The Morgan fingerprint density at radius 1 is 0.765 bits per heavy atom. The second-order valence-corrected chi connectivity index (χ2v) is 8.11. The van der Waals surface area contributed by atoms with Gasteiger partial charge in [-0.15, -0.1) is 0 Å². The molecule has 0 spiro atoms. The SMILES string of the molecule is CNCCCNC(=O)c1cc(NC(=O)c2cc(NC(=O)CCCCNC(C)=O)cn2C)cn1C. The van der Waals surface area contributed by atoms with E-state index in [1.54, 1.807) is 47.8 Å². The van der Waals surface area contributed by atoms with Crippen LogP contribution in [0.25, 0.3) is 0 Å². The highest BCUT2D eigenvalue weighted by Crippen LogP contribution is 2.18. The zero-order valence-corrected chi connectivity index (χ0v) is 20.3. The van der Waals surface area contributed by atoms with Gasteiger partial charge in [-0.3, -0.25) is 19.2 Å². The zero-order valence-electron chi connectivity index (χ0n) is 20.3. The summed E-state index contributed by atoms with van der Waals surface area (Å²) in [7, 11) is 5.31. The summed E-state index contributed by atoms with van der Waals surface area (Å²) < 4.78 is 3.28. The number of carbonyl (C=O) groups is 4. The molecule has 2 aromatic heterocycles. The minimum Gasteiger partial charge on any atom is -0.356 e. The van der Waals surface area contributed by atoms with E-state index >= 15 is 0 Å². The maximum atomic E-state index is 12.8. The molecular formula is C23H35N7O4. The molecule has 0 saturated heterocycles. The first kappa shape index (κ1) is 26.7. The largest absolute Gasteiger partial charge is 0.356 e. The third kappa shape index (κ3) is 8.39. The van der Waals surface area contributed by atoms with Gasteiger partial charge in [0.25, 0.3) is 11.8 Å². The van der Waals surface area contributed by atoms with E-state index in [9.17, 15) is 19.2 Å². The van der Waals surface area contributed by atoms with E-state index in [2.05, 4.69) is 26.6 Å². The van der Waals surface area contributed by atoms with Crippen LogP contribution in [0.4, 0.5) is 11.4 Å². The molecule has 2 aromatic rings. The fraction of sp³-hybridized carbons (Fsp3) is 0.478. The van der Waals surface area contributed by atoms with Gasteiger partial charge in [0.1, 0.15) is 11.4 Å². The van der Waals surface area contributed by atoms with Crippen molar-refractivity contribution >= 4 is 35.0 Å². The summed E-state index contributed by atoms with van der Waals surface area (Å²) >= 11 is 0. The van der Waals surface area contributed by atoms with Gasteiger partial charge in [0.05, 0.1) is 11.4 Å². The molecule has 5 N–H and O–H groups in total. The van der Waals surface area contributed by atoms with Crippen molar-refractivity contribution in [2.24, 2.45) is 14.1 Å². The fourth-order valence-electron chi connectivity index (χ4n) is 3.37. The van der Waals surface area contributed by atoms with E-state index < -0.39 is 0 Å². The lowest BCUT2D eigenvalue weighted by atomic mass is 10.2. The molecule has 0 aliphatic carbocycles. The van der Waals surface area contributed by atoms with E-state index in [1.165, 1.54) is 6.92 Å². The Hall–Kier alpha value is -3.60. The van der Waals surface area contributed by atoms with E-state index in [4.69, 9.17) is 0 Å². The van der Waals surface area contributed by atoms with Gasteiger partial charge < -0.3 is 35.7 Å². The maximum absolute atomic E-state index is 12.8. The van der Waals surface area contributed by atoms with Crippen LogP contribution in [-0.2, 0) is 23.7 Å². The third-order valence-corrected chi connectivity index (χ3v) is 5.11. The number of nitrogens with zero attached hydrogens (tertiary/aromatic N) is 2. The number of rotatable bonds is 13. The van der Waals surface area contributed by atoms with E-state index in [0.717, 1.165) is 13.0 Å². The monoisotopic (exact) mass is 473 g/mol. The van der Waals surface area contributed by atoms with Crippen molar-refractivity contribution in [3.05, 3.63) is 35.9 Å². The highest BCUT2D eigenvalue weighted by atomic mass is 16.2. The van der Waals surface area contributed by atoms with Crippen molar-refractivity contribution < 1.29 is 19.2 Å². The van der Waals surface area contributed by atoms with Gasteiger partial charge in [0.2, 0.25) is 11.8 Å². The van der Waals surface area contributed by atoms with Crippen molar-refractivity contribution in [2.45, 2.75) is 32.6 Å². The van der Waals surface area contributed by atoms with Gasteiger partial charge in [-0.05, 0) is 45.0 Å². The van der Waals surface area contributed by atoms with Crippen LogP contribution < -0.4 is 26.6 Å². The number of nitrogens with one attached hydrogen (secondary N) is 5. The first-order valence-corrected chi connectivity index (χ1v) is 11.3. The molecule has 0 aliphatic rings. The summed E-state index contributed by atoms with van der Waals surface area (Å²) in [6.45, 7) is 3.36. The molecular weight excluding hydrogens is 438 g/mol. The van der Waals surface area contributed by atoms with Crippen molar-refractivity contribution in [1.82, 2.24) is 25.1 Å². The van der Waals surface area contributed by atoms with Gasteiger partial charge in [-0.25, -0.2) is 0 Å². The molecule has 4 amide bonds. The normalized spacial score (nSPS) is 10.6. The number of carbonyl (C=O) groups excluding carboxylic acids is 4. The van der Waals surface area contributed by atoms with Gasteiger partial charge in [-0.2, -0.15) is 0 Å². The maximum Gasteiger partial charge on any atom is 0.272 e. The van der Waals surface area contributed by atoms with Crippen LogP contribution in [-0.4, -0.2) is 59.4 Å². The molecule has 0 aromatic carbocycles. The fourth-order valence-corrected chi connectivity index (χ4v) is 3.37. The minimum absolute atomic E-state index is 0.0882. The molecule has 11 heteroatoms. The molecule has 0 fully saturated rings. The smallest absolute Gasteiger partial charge is 0.272 e. The highest BCUT2D eigenvalue weighted by molar-refractivity contribution is 6.05. The average molecular weight is 474 g/mol. The van der Waals surface area contributed by atoms with Crippen LogP contribution in [0.3, 0.4) is 0 Å². The molecule has 0 radical (unpaired) electrons. The summed E-state index contributed by atoms with van der Waals surface area (Å²) in [6, 6.07) is 3.22. The molecule has 34 heavy (non-hydrogen) atoms. The Morgan fingerprint density at radius 2 is 1.35 bits per heavy atom. The van der Waals surface area contributed by atoms with E-state index in [-0.39, 0.29) is 23.6 Å². The van der Waals surface area contributed by atoms with Crippen LogP contribution in [0.1, 0.15) is 53.6 Å². The Bertz CT molecular complexity index is 1010. The van der Waals surface area contributed by atoms with Crippen molar-refractivity contribution in [2.75, 3.05) is 37.3 Å². The summed E-state index contributed by atoms with van der Waals surface area (Å²) in [6.07, 6.45) is 5.83. The zero-order chi connectivity index (χ0) is 25.1. The Labute approximate surface area is 199 Å². The molecule has 2 rings (SSSR count). The molecule has 0 saturated carbocycles. The quantitative estimate of drug-likeness (QED) is 0.278. The van der Waals surface area contributed by atoms with Crippen LogP contribution in [0.5, 0.6) is 0 Å². The Kier molecular flexibility index (Phi) is 10.3. The Balaban J connectivity index is 1.89. The lowest BCUT2D eigenvalue weighted by molar-refractivity contribution is -0.119. The molecule has 0 bridgehead atoms. The average Bonchev–Trinajstić information content (AvgIpc) is 3.32. The molecule has 11 nitrogen and oxygen atoms in total.